The highest BCUT2D eigenvalue weighted by Gasteiger charge is 2.38. The van der Waals surface area contributed by atoms with Gasteiger partial charge in [0.25, 0.3) is 0 Å². The van der Waals surface area contributed by atoms with Crippen LogP contribution in [0.25, 0.3) is 0 Å². The maximum absolute atomic E-state index is 11.4. The number of aromatic carboxylic acids is 1. The molecule has 2 aliphatic rings. The highest BCUT2D eigenvalue weighted by atomic mass is 16.4. The van der Waals surface area contributed by atoms with Gasteiger partial charge in [0.1, 0.15) is 0 Å². The van der Waals surface area contributed by atoms with Crippen molar-refractivity contribution < 1.29 is 9.90 Å². The molecule has 0 bridgehead atoms. The number of hydrogen-bond acceptors (Lipinski definition) is 1. The second kappa shape index (κ2) is 7.33. The predicted molar refractivity (Wildman–Crippen MR) is 93.9 cm³/mol. The zero-order chi connectivity index (χ0) is 16.1. The van der Waals surface area contributed by atoms with Gasteiger partial charge in [-0.1, -0.05) is 56.4 Å². The Morgan fingerprint density at radius 1 is 1.04 bits per heavy atom. The molecule has 1 aromatic carbocycles. The van der Waals surface area contributed by atoms with E-state index in [9.17, 15) is 9.90 Å². The summed E-state index contributed by atoms with van der Waals surface area (Å²) in [4.78, 5) is 11.4. The van der Waals surface area contributed by atoms with Gasteiger partial charge in [0.2, 0.25) is 0 Å². The van der Waals surface area contributed by atoms with Crippen LogP contribution < -0.4 is 0 Å². The van der Waals surface area contributed by atoms with Gasteiger partial charge in [0.05, 0.1) is 5.56 Å². The second-order valence-corrected chi connectivity index (χ2v) is 7.26. The molecule has 124 valence electrons. The average molecular weight is 312 g/mol. The molecule has 1 aromatic rings. The van der Waals surface area contributed by atoms with E-state index in [0.29, 0.717) is 11.5 Å². The zero-order valence-electron chi connectivity index (χ0n) is 14.0. The highest BCUT2D eigenvalue weighted by Crippen LogP contribution is 2.46. The number of hydrogen-bond donors (Lipinski definition) is 1. The molecule has 2 nitrogen and oxygen atoms in total. The first-order valence-electron chi connectivity index (χ1n) is 9.24. The molecule has 1 fully saturated rings. The fourth-order valence-electron chi connectivity index (χ4n) is 4.61. The van der Waals surface area contributed by atoms with Gasteiger partial charge in [-0.2, -0.15) is 0 Å². The van der Waals surface area contributed by atoms with Gasteiger partial charge in [-0.15, -0.1) is 0 Å². The molecule has 1 unspecified atom stereocenters. The minimum absolute atomic E-state index is 0.0479. The SMILES string of the molecule is O=C(O)c1cccc(C2(C3CCCCCC3)C=CCCCC2)c1. The Morgan fingerprint density at radius 3 is 2.57 bits per heavy atom. The van der Waals surface area contributed by atoms with Gasteiger partial charge >= 0.3 is 5.97 Å². The first kappa shape index (κ1) is 16.3. The number of benzene rings is 1. The largest absolute Gasteiger partial charge is 0.478 e. The third kappa shape index (κ3) is 3.52. The Kier molecular flexibility index (Phi) is 5.20. The number of allylic oxidation sites excluding steroid dienone is 2. The van der Waals surface area contributed by atoms with Crippen molar-refractivity contribution in [3.05, 3.63) is 47.5 Å². The summed E-state index contributed by atoms with van der Waals surface area (Å²) in [5, 5.41) is 9.38. The van der Waals surface area contributed by atoms with Crippen molar-refractivity contribution in [2.24, 2.45) is 5.92 Å². The van der Waals surface area contributed by atoms with Crippen LogP contribution in [0.3, 0.4) is 0 Å². The Bertz CT molecular complexity index is 567. The van der Waals surface area contributed by atoms with Crippen molar-refractivity contribution in [1.82, 2.24) is 0 Å². The summed E-state index contributed by atoms with van der Waals surface area (Å²) in [6.45, 7) is 0. The number of carbonyl (C=O) groups is 1. The van der Waals surface area contributed by atoms with Crippen LogP contribution in [0.15, 0.2) is 36.4 Å². The van der Waals surface area contributed by atoms with Crippen molar-refractivity contribution in [2.45, 2.75) is 69.6 Å². The molecule has 0 heterocycles. The number of rotatable bonds is 3. The molecule has 23 heavy (non-hydrogen) atoms. The molecule has 0 spiro atoms. The smallest absolute Gasteiger partial charge is 0.335 e. The molecular formula is C21H28O2. The van der Waals surface area contributed by atoms with E-state index in [1.165, 1.54) is 56.9 Å². The normalized spacial score (nSPS) is 26.4. The molecule has 0 aromatic heterocycles. The van der Waals surface area contributed by atoms with Gasteiger partial charge in [-0.3, -0.25) is 0 Å². The predicted octanol–water partition coefficient (Wildman–Crippen LogP) is 5.72. The van der Waals surface area contributed by atoms with Crippen molar-refractivity contribution in [2.75, 3.05) is 0 Å². The molecule has 2 aliphatic carbocycles. The van der Waals surface area contributed by atoms with Crippen LogP contribution >= 0.6 is 0 Å². The minimum atomic E-state index is -0.819. The average Bonchev–Trinajstić information content (AvgIpc) is 2.98. The summed E-state index contributed by atoms with van der Waals surface area (Å²) >= 11 is 0. The van der Waals surface area contributed by atoms with Crippen molar-refractivity contribution in [3.63, 3.8) is 0 Å². The van der Waals surface area contributed by atoms with Crippen LogP contribution in [0, 0.1) is 5.92 Å². The summed E-state index contributed by atoms with van der Waals surface area (Å²) in [7, 11) is 0. The van der Waals surface area contributed by atoms with E-state index in [-0.39, 0.29) is 5.41 Å². The van der Waals surface area contributed by atoms with E-state index in [2.05, 4.69) is 18.2 Å². The summed E-state index contributed by atoms with van der Waals surface area (Å²) < 4.78 is 0. The third-order valence-electron chi connectivity index (χ3n) is 5.86. The fraction of sp³-hybridized carbons (Fsp3) is 0.571. The van der Waals surface area contributed by atoms with Crippen LogP contribution in [0.5, 0.6) is 0 Å². The first-order chi connectivity index (χ1) is 11.2. The van der Waals surface area contributed by atoms with Crippen LogP contribution in [0.2, 0.25) is 0 Å². The molecule has 0 aliphatic heterocycles. The van der Waals surface area contributed by atoms with Gasteiger partial charge in [0, 0.05) is 5.41 Å². The van der Waals surface area contributed by atoms with Crippen molar-refractivity contribution in [3.8, 4) is 0 Å². The number of carboxylic acid groups (broad SMARTS) is 1. The molecule has 0 radical (unpaired) electrons. The molecule has 1 N–H and O–H groups in total. The van der Waals surface area contributed by atoms with Gasteiger partial charge in [-0.05, 0) is 55.7 Å². The topological polar surface area (TPSA) is 37.3 Å². The monoisotopic (exact) mass is 312 g/mol. The van der Waals surface area contributed by atoms with Crippen LogP contribution in [0.1, 0.15) is 80.1 Å². The van der Waals surface area contributed by atoms with E-state index < -0.39 is 5.97 Å². The van der Waals surface area contributed by atoms with Crippen LogP contribution in [-0.2, 0) is 5.41 Å². The Hall–Kier alpha value is -1.57. The summed E-state index contributed by atoms with van der Waals surface area (Å²) in [6.07, 6.45) is 17.5. The Morgan fingerprint density at radius 2 is 1.83 bits per heavy atom. The molecule has 1 atom stereocenters. The lowest BCUT2D eigenvalue weighted by Gasteiger charge is -2.39. The number of carboxylic acids is 1. The van der Waals surface area contributed by atoms with E-state index in [1.807, 2.05) is 12.1 Å². The second-order valence-electron chi connectivity index (χ2n) is 7.26. The lowest BCUT2D eigenvalue weighted by molar-refractivity contribution is 0.0696. The molecule has 3 rings (SSSR count). The standard InChI is InChI=1S/C21H28O2/c22-20(23)17-10-9-13-19(16-17)21(14-7-3-4-8-15-21)18-11-5-1-2-6-12-18/h7,9-10,13-14,16,18H,1-6,8,11-12,15H2,(H,22,23). The van der Waals surface area contributed by atoms with E-state index >= 15 is 0 Å². The molecule has 0 amide bonds. The molecule has 1 saturated carbocycles. The van der Waals surface area contributed by atoms with Gasteiger partial charge < -0.3 is 5.11 Å². The maximum Gasteiger partial charge on any atom is 0.335 e. The summed E-state index contributed by atoms with van der Waals surface area (Å²) in [6, 6.07) is 7.74. The molecule has 0 saturated heterocycles. The van der Waals surface area contributed by atoms with Crippen molar-refractivity contribution in [1.29, 1.82) is 0 Å². The Balaban J connectivity index is 2.03. The lowest BCUT2D eigenvalue weighted by atomic mass is 9.65. The fourth-order valence-corrected chi connectivity index (χ4v) is 4.61. The summed E-state index contributed by atoms with van der Waals surface area (Å²) in [5.74, 6) is -0.163. The summed E-state index contributed by atoms with van der Waals surface area (Å²) in [5.41, 5.74) is 1.70. The van der Waals surface area contributed by atoms with E-state index in [1.54, 1.807) is 6.07 Å². The quantitative estimate of drug-likeness (QED) is 0.572. The maximum atomic E-state index is 11.4. The molecule has 2 heteroatoms. The highest BCUT2D eigenvalue weighted by molar-refractivity contribution is 5.87. The van der Waals surface area contributed by atoms with Gasteiger partial charge in [-0.25, -0.2) is 4.79 Å². The van der Waals surface area contributed by atoms with Crippen molar-refractivity contribution >= 4 is 5.97 Å². The third-order valence-corrected chi connectivity index (χ3v) is 5.86. The van der Waals surface area contributed by atoms with E-state index in [0.717, 1.165) is 12.8 Å². The van der Waals surface area contributed by atoms with Gasteiger partial charge in [0.15, 0.2) is 0 Å². The Labute approximate surface area is 139 Å². The lowest BCUT2D eigenvalue weighted by Crippen LogP contribution is -2.33. The minimum Gasteiger partial charge on any atom is -0.478 e. The zero-order valence-corrected chi connectivity index (χ0v) is 14.0. The van der Waals surface area contributed by atoms with Crippen LogP contribution in [0.4, 0.5) is 0 Å². The molecular weight excluding hydrogens is 284 g/mol. The first-order valence-corrected chi connectivity index (χ1v) is 9.24. The van der Waals surface area contributed by atoms with Crippen LogP contribution in [-0.4, -0.2) is 11.1 Å². The van der Waals surface area contributed by atoms with E-state index in [4.69, 9.17) is 0 Å².